The Morgan fingerprint density at radius 3 is 2.62 bits per heavy atom. The van der Waals surface area contributed by atoms with Crippen molar-refractivity contribution in [2.24, 2.45) is 0 Å². The van der Waals surface area contributed by atoms with Gasteiger partial charge in [0.05, 0.1) is 12.2 Å². The van der Waals surface area contributed by atoms with E-state index in [1.807, 2.05) is 37.7 Å². The maximum atomic E-state index is 11.4. The minimum Gasteiger partial charge on any atom is -0.462 e. The Morgan fingerprint density at radius 1 is 1.46 bits per heavy atom. The number of carbonyl (C=O) groups is 1. The van der Waals surface area contributed by atoms with Gasteiger partial charge in [0.25, 0.3) is 0 Å². The lowest BCUT2D eigenvalue weighted by atomic mass is 10.2. The molecule has 0 aliphatic carbocycles. The van der Waals surface area contributed by atoms with Gasteiger partial charge in [0.15, 0.2) is 0 Å². The number of rotatable bonds is 3. The Hall–Kier alpha value is -1.25. The highest BCUT2D eigenvalue weighted by atomic mass is 16.5. The van der Waals surface area contributed by atoms with Gasteiger partial charge < -0.3 is 9.30 Å². The van der Waals surface area contributed by atoms with E-state index in [0.717, 1.165) is 12.1 Å². The van der Waals surface area contributed by atoms with Crippen LogP contribution < -0.4 is 0 Å². The molecule has 1 aromatic rings. The molecule has 0 aliphatic heterocycles. The highest BCUT2D eigenvalue weighted by molar-refractivity contribution is 5.90. The molecule has 0 saturated carbocycles. The van der Waals surface area contributed by atoms with E-state index in [2.05, 4.69) is 0 Å². The Balaban J connectivity index is 2.87. The zero-order valence-electron chi connectivity index (χ0n) is 8.33. The molecular formula is C10H15NO2. The first-order chi connectivity index (χ1) is 6.19. The molecule has 0 unspecified atom stereocenters. The van der Waals surface area contributed by atoms with Gasteiger partial charge in [-0.3, -0.25) is 0 Å². The molecule has 3 nitrogen and oxygen atoms in total. The van der Waals surface area contributed by atoms with Crippen LogP contribution in [-0.4, -0.2) is 17.1 Å². The van der Waals surface area contributed by atoms with Crippen LogP contribution in [0.3, 0.4) is 0 Å². The second-order valence-electron chi connectivity index (χ2n) is 2.91. The van der Waals surface area contributed by atoms with Gasteiger partial charge in [-0.05, 0) is 26.3 Å². The van der Waals surface area contributed by atoms with Crippen molar-refractivity contribution in [3.05, 3.63) is 23.5 Å². The van der Waals surface area contributed by atoms with Crippen molar-refractivity contribution in [3.63, 3.8) is 0 Å². The fourth-order valence-corrected chi connectivity index (χ4v) is 1.23. The summed E-state index contributed by atoms with van der Waals surface area (Å²) in [6.07, 6.45) is 3.78. The maximum absolute atomic E-state index is 11.4. The number of esters is 1. The number of hydrogen-bond donors (Lipinski definition) is 0. The van der Waals surface area contributed by atoms with Gasteiger partial charge in [0.2, 0.25) is 0 Å². The molecule has 0 aromatic carbocycles. The van der Waals surface area contributed by atoms with Gasteiger partial charge in [0.1, 0.15) is 0 Å². The number of aromatic nitrogens is 1. The molecule has 0 atom stereocenters. The topological polar surface area (TPSA) is 31.2 Å². The minimum atomic E-state index is -0.229. The summed E-state index contributed by atoms with van der Waals surface area (Å²) in [5.41, 5.74) is 1.64. The van der Waals surface area contributed by atoms with Crippen molar-refractivity contribution in [1.82, 2.24) is 4.57 Å². The lowest BCUT2D eigenvalue weighted by Gasteiger charge is -1.99. The van der Waals surface area contributed by atoms with Crippen molar-refractivity contribution >= 4 is 5.97 Å². The van der Waals surface area contributed by atoms with Crippen molar-refractivity contribution in [3.8, 4) is 0 Å². The summed E-state index contributed by atoms with van der Waals surface area (Å²) < 4.78 is 6.89. The molecule has 0 bridgehead atoms. The summed E-state index contributed by atoms with van der Waals surface area (Å²) in [7, 11) is 0. The molecule has 0 fully saturated rings. The molecule has 0 amide bonds. The third-order valence-electron chi connectivity index (χ3n) is 1.94. The van der Waals surface area contributed by atoms with E-state index in [1.54, 1.807) is 0 Å². The Kier molecular flexibility index (Phi) is 3.12. The number of aryl methyl sites for hydroxylation is 2. The first kappa shape index (κ1) is 9.84. The summed E-state index contributed by atoms with van der Waals surface area (Å²) in [5, 5.41) is 0. The molecule has 1 heterocycles. The fraction of sp³-hybridized carbons (Fsp3) is 0.500. The molecule has 0 N–H and O–H groups in total. The van der Waals surface area contributed by atoms with Crippen LogP contribution in [0.1, 0.15) is 29.8 Å². The van der Waals surface area contributed by atoms with Gasteiger partial charge in [-0.25, -0.2) is 4.79 Å². The zero-order valence-corrected chi connectivity index (χ0v) is 8.33. The van der Waals surface area contributed by atoms with Crippen LogP contribution in [0.25, 0.3) is 0 Å². The second kappa shape index (κ2) is 4.12. The molecular weight excluding hydrogens is 166 g/mol. The zero-order chi connectivity index (χ0) is 9.84. The predicted octanol–water partition coefficient (Wildman–Crippen LogP) is 1.99. The van der Waals surface area contributed by atoms with Crippen molar-refractivity contribution in [2.45, 2.75) is 27.3 Å². The van der Waals surface area contributed by atoms with E-state index < -0.39 is 0 Å². The minimum absolute atomic E-state index is 0.229. The lowest BCUT2D eigenvalue weighted by Crippen LogP contribution is -2.04. The van der Waals surface area contributed by atoms with Crippen molar-refractivity contribution in [2.75, 3.05) is 6.61 Å². The van der Waals surface area contributed by atoms with Crippen LogP contribution in [0.4, 0.5) is 0 Å². The average molecular weight is 181 g/mol. The van der Waals surface area contributed by atoms with Crippen LogP contribution in [0, 0.1) is 6.92 Å². The normalized spacial score (nSPS) is 10.1. The molecule has 1 rings (SSSR count). The maximum Gasteiger partial charge on any atom is 0.339 e. The highest BCUT2D eigenvalue weighted by Gasteiger charge is 2.11. The second-order valence-corrected chi connectivity index (χ2v) is 2.91. The average Bonchev–Trinajstić information content (AvgIpc) is 2.47. The van der Waals surface area contributed by atoms with Gasteiger partial charge in [0, 0.05) is 18.9 Å². The van der Waals surface area contributed by atoms with Crippen LogP contribution in [-0.2, 0) is 11.3 Å². The highest BCUT2D eigenvalue weighted by Crippen LogP contribution is 2.10. The molecule has 3 heteroatoms. The van der Waals surface area contributed by atoms with E-state index in [-0.39, 0.29) is 5.97 Å². The fourth-order valence-electron chi connectivity index (χ4n) is 1.23. The van der Waals surface area contributed by atoms with E-state index in [1.165, 1.54) is 0 Å². The monoisotopic (exact) mass is 181 g/mol. The summed E-state index contributed by atoms with van der Waals surface area (Å²) in [4.78, 5) is 11.4. The SMILES string of the molecule is CCOC(=O)c1cn(CC)cc1C. The van der Waals surface area contributed by atoms with Crippen molar-refractivity contribution < 1.29 is 9.53 Å². The Bertz CT molecular complexity index is 302. The summed E-state index contributed by atoms with van der Waals surface area (Å²) in [6.45, 7) is 7.06. The smallest absolute Gasteiger partial charge is 0.339 e. The molecule has 1 aromatic heterocycles. The quantitative estimate of drug-likeness (QED) is 0.668. The van der Waals surface area contributed by atoms with E-state index in [9.17, 15) is 4.79 Å². The van der Waals surface area contributed by atoms with E-state index in [4.69, 9.17) is 4.74 Å². The van der Waals surface area contributed by atoms with Crippen molar-refractivity contribution in [1.29, 1.82) is 0 Å². The summed E-state index contributed by atoms with van der Waals surface area (Å²) in [5.74, 6) is -0.229. The largest absolute Gasteiger partial charge is 0.462 e. The molecule has 72 valence electrons. The third-order valence-corrected chi connectivity index (χ3v) is 1.94. The third kappa shape index (κ3) is 2.11. The molecule has 0 saturated heterocycles. The van der Waals surface area contributed by atoms with Gasteiger partial charge in [-0.2, -0.15) is 0 Å². The molecule has 0 spiro atoms. The first-order valence-electron chi connectivity index (χ1n) is 4.52. The van der Waals surface area contributed by atoms with E-state index in [0.29, 0.717) is 12.2 Å². The van der Waals surface area contributed by atoms with E-state index >= 15 is 0 Å². The predicted molar refractivity (Wildman–Crippen MR) is 50.8 cm³/mol. The van der Waals surface area contributed by atoms with Crippen LogP contribution in [0.2, 0.25) is 0 Å². The number of hydrogen-bond acceptors (Lipinski definition) is 2. The standard InChI is InChI=1S/C10H15NO2/c1-4-11-6-8(3)9(7-11)10(12)13-5-2/h6-7H,4-5H2,1-3H3. The lowest BCUT2D eigenvalue weighted by molar-refractivity contribution is 0.0525. The van der Waals surface area contributed by atoms with Crippen LogP contribution in [0.15, 0.2) is 12.4 Å². The number of ether oxygens (including phenoxy) is 1. The summed E-state index contributed by atoms with van der Waals surface area (Å²) in [6, 6.07) is 0. The first-order valence-corrected chi connectivity index (χ1v) is 4.52. The number of carbonyl (C=O) groups excluding carboxylic acids is 1. The summed E-state index contributed by atoms with van der Waals surface area (Å²) >= 11 is 0. The molecule has 0 aliphatic rings. The van der Waals surface area contributed by atoms with Gasteiger partial charge >= 0.3 is 5.97 Å². The molecule has 0 radical (unpaired) electrons. The van der Waals surface area contributed by atoms with Gasteiger partial charge in [-0.15, -0.1) is 0 Å². The van der Waals surface area contributed by atoms with Crippen LogP contribution in [0.5, 0.6) is 0 Å². The van der Waals surface area contributed by atoms with Crippen LogP contribution >= 0.6 is 0 Å². The van der Waals surface area contributed by atoms with Gasteiger partial charge in [-0.1, -0.05) is 0 Å². The Labute approximate surface area is 78.3 Å². The molecule has 13 heavy (non-hydrogen) atoms. The number of nitrogens with zero attached hydrogens (tertiary/aromatic N) is 1. The Morgan fingerprint density at radius 2 is 2.15 bits per heavy atom.